The summed E-state index contributed by atoms with van der Waals surface area (Å²) in [6.07, 6.45) is 8.82. The number of aromatic nitrogens is 1. The van der Waals surface area contributed by atoms with Crippen molar-refractivity contribution in [1.82, 2.24) is 10.3 Å². The number of rotatable bonds is 5. The number of halogens is 1. The first kappa shape index (κ1) is 14.4. The lowest BCUT2D eigenvalue weighted by Crippen LogP contribution is -2.36. The van der Waals surface area contributed by atoms with E-state index in [2.05, 4.69) is 24.1 Å². The number of hydrogen-bond donors (Lipinski definition) is 1. The van der Waals surface area contributed by atoms with Crippen molar-refractivity contribution < 1.29 is 4.39 Å². The zero-order chi connectivity index (χ0) is 13.7. The summed E-state index contributed by atoms with van der Waals surface area (Å²) in [6.45, 7) is 4.44. The summed E-state index contributed by atoms with van der Waals surface area (Å²) < 4.78 is 12.9. The molecule has 3 heteroatoms. The molecule has 3 unspecified atom stereocenters. The molecule has 1 aliphatic rings. The van der Waals surface area contributed by atoms with Crippen LogP contribution in [0.25, 0.3) is 0 Å². The van der Waals surface area contributed by atoms with Gasteiger partial charge in [-0.1, -0.05) is 33.1 Å². The molecule has 1 aromatic rings. The molecule has 1 aromatic heterocycles. The zero-order valence-electron chi connectivity index (χ0n) is 12.0. The summed E-state index contributed by atoms with van der Waals surface area (Å²) in [5.74, 6) is 0.604. The predicted octanol–water partition coefficient (Wildman–Crippen LogP) is 4.23. The van der Waals surface area contributed by atoms with E-state index in [-0.39, 0.29) is 11.9 Å². The van der Waals surface area contributed by atoms with Gasteiger partial charge < -0.3 is 5.32 Å². The van der Waals surface area contributed by atoms with E-state index in [0.717, 1.165) is 18.0 Å². The standard InChI is InChI=1S/C16H25FN2/c1-3-12-6-5-7-14(10-12)19-15(4-2)16-9-8-13(17)11-18-16/h8-9,11-12,14-15,19H,3-7,10H2,1-2H3. The van der Waals surface area contributed by atoms with Crippen molar-refractivity contribution in [2.24, 2.45) is 5.92 Å². The van der Waals surface area contributed by atoms with Gasteiger partial charge in [0.1, 0.15) is 5.82 Å². The highest BCUT2D eigenvalue weighted by Crippen LogP contribution is 2.28. The maximum absolute atomic E-state index is 12.9. The molecule has 0 radical (unpaired) electrons. The van der Waals surface area contributed by atoms with Crippen molar-refractivity contribution in [2.75, 3.05) is 0 Å². The minimum absolute atomic E-state index is 0.251. The van der Waals surface area contributed by atoms with E-state index in [4.69, 9.17) is 0 Å². The van der Waals surface area contributed by atoms with Crippen LogP contribution in [0.5, 0.6) is 0 Å². The third-order valence-corrected chi connectivity index (χ3v) is 4.31. The average molecular weight is 264 g/mol. The van der Waals surface area contributed by atoms with Crippen LogP contribution in [-0.2, 0) is 0 Å². The molecule has 0 aliphatic heterocycles. The Hall–Kier alpha value is -0.960. The first-order valence-corrected chi connectivity index (χ1v) is 7.60. The molecule has 1 saturated carbocycles. The van der Waals surface area contributed by atoms with Crippen molar-refractivity contribution in [3.8, 4) is 0 Å². The zero-order valence-corrected chi connectivity index (χ0v) is 12.0. The number of nitrogens with zero attached hydrogens (tertiary/aromatic N) is 1. The summed E-state index contributed by atoms with van der Waals surface area (Å²) in [5.41, 5.74) is 0.961. The smallest absolute Gasteiger partial charge is 0.141 e. The van der Waals surface area contributed by atoms with Crippen molar-refractivity contribution in [3.63, 3.8) is 0 Å². The SMILES string of the molecule is CCC1CCCC(NC(CC)c2ccc(F)cn2)C1. The second-order valence-electron chi connectivity index (χ2n) is 5.67. The summed E-state index contributed by atoms with van der Waals surface area (Å²) in [7, 11) is 0. The van der Waals surface area contributed by atoms with E-state index < -0.39 is 0 Å². The molecule has 0 spiro atoms. The average Bonchev–Trinajstić information content (AvgIpc) is 2.46. The molecule has 1 fully saturated rings. The molecule has 2 nitrogen and oxygen atoms in total. The summed E-state index contributed by atoms with van der Waals surface area (Å²) in [4.78, 5) is 4.22. The maximum atomic E-state index is 12.9. The second-order valence-corrected chi connectivity index (χ2v) is 5.67. The van der Waals surface area contributed by atoms with Gasteiger partial charge in [-0.3, -0.25) is 4.98 Å². The van der Waals surface area contributed by atoms with E-state index >= 15 is 0 Å². The topological polar surface area (TPSA) is 24.9 Å². The lowest BCUT2D eigenvalue weighted by Gasteiger charge is -2.32. The Morgan fingerprint density at radius 3 is 2.84 bits per heavy atom. The molecule has 106 valence electrons. The Morgan fingerprint density at radius 2 is 2.21 bits per heavy atom. The lowest BCUT2D eigenvalue weighted by atomic mass is 9.84. The fourth-order valence-corrected chi connectivity index (χ4v) is 3.10. The Bertz CT molecular complexity index is 377. The van der Waals surface area contributed by atoms with Crippen LogP contribution in [-0.4, -0.2) is 11.0 Å². The van der Waals surface area contributed by atoms with Crippen molar-refractivity contribution in [2.45, 2.75) is 64.5 Å². The second kappa shape index (κ2) is 6.99. The van der Waals surface area contributed by atoms with Crippen LogP contribution in [0.3, 0.4) is 0 Å². The van der Waals surface area contributed by atoms with Crippen LogP contribution in [0, 0.1) is 11.7 Å². The van der Waals surface area contributed by atoms with Gasteiger partial charge in [0.15, 0.2) is 0 Å². The molecule has 1 N–H and O–H groups in total. The minimum Gasteiger partial charge on any atom is -0.306 e. The first-order valence-electron chi connectivity index (χ1n) is 7.60. The van der Waals surface area contributed by atoms with Crippen LogP contribution in [0.1, 0.15) is 64.1 Å². The molecule has 0 amide bonds. The molecule has 0 saturated heterocycles. The Morgan fingerprint density at radius 1 is 1.37 bits per heavy atom. The highest BCUT2D eigenvalue weighted by Gasteiger charge is 2.23. The fourth-order valence-electron chi connectivity index (χ4n) is 3.10. The normalized spacial score (nSPS) is 25.2. The van der Waals surface area contributed by atoms with E-state index in [1.165, 1.54) is 44.4 Å². The van der Waals surface area contributed by atoms with Crippen LogP contribution < -0.4 is 5.32 Å². The van der Waals surface area contributed by atoms with Crippen LogP contribution >= 0.6 is 0 Å². The van der Waals surface area contributed by atoms with Gasteiger partial charge in [-0.25, -0.2) is 4.39 Å². The lowest BCUT2D eigenvalue weighted by molar-refractivity contribution is 0.259. The van der Waals surface area contributed by atoms with E-state index in [1.54, 1.807) is 6.07 Å². The number of hydrogen-bond acceptors (Lipinski definition) is 2. The summed E-state index contributed by atoms with van der Waals surface area (Å²) in [5, 5.41) is 3.72. The van der Waals surface area contributed by atoms with Crippen LogP contribution in [0.4, 0.5) is 4.39 Å². The molecule has 0 bridgehead atoms. The van der Waals surface area contributed by atoms with E-state index in [9.17, 15) is 4.39 Å². The minimum atomic E-state index is -0.262. The van der Waals surface area contributed by atoms with Crippen LogP contribution in [0.2, 0.25) is 0 Å². The maximum Gasteiger partial charge on any atom is 0.141 e. The monoisotopic (exact) mass is 264 g/mol. The van der Waals surface area contributed by atoms with Crippen molar-refractivity contribution >= 4 is 0 Å². The third-order valence-electron chi connectivity index (χ3n) is 4.31. The Kier molecular flexibility index (Phi) is 5.32. The van der Waals surface area contributed by atoms with Gasteiger partial charge in [-0.05, 0) is 37.3 Å². The molecular formula is C16H25FN2. The van der Waals surface area contributed by atoms with Gasteiger partial charge in [-0.15, -0.1) is 0 Å². The molecular weight excluding hydrogens is 239 g/mol. The van der Waals surface area contributed by atoms with E-state index in [1.807, 2.05) is 0 Å². The first-order chi connectivity index (χ1) is 9.22. The summed E-state index contributed by atoms with van der Waals surface area (Å²) in [6, 6.07) is 4.15. The highest BCUT2D eigenvalue weighted by atomic mass is 19.1. The molecule has 0 aromatic carbocycles. The van der Waals surface area contributed by atoms with Gasteiger partial charge in [0.25, 0.3) is 0 Å². The van der Waals surface area contributed by atoms with Crippen molar-refractivity contribution in [3.05, 3.63) is 29.8 Å². The third kappa shape index (κ3) is 4.00. The van der Waals surface area contributed by atoms with Gasteiger partial charge in [0.05, 0.1) is 11.9 Å². The van der Waals surface area contributed by atoms with E-state index in [0.29, 0.717) is 6.04 Å². The largest absolute Gasteiger partial charge is 0.306 e. The molecule has 1 aliphatic carbocycles. The van der Waals surface area contributed by atoms with Gasteiger partial charge in [-0.2, -0.15) is 0 Å². The molecule has 2 rings (SSSR count). The molecule has 3 atom stereocenters. The van der Waals surface area contributed by atoms with Gasteiger partial charge >= 0.3 is 0 Å². The van der Waals surface area contributed by atoms with Gasteiger partial charge in [0.2, 0.25) is 0 Å². The van der Waals surface area contributed by atoms with Crippen molar-refractivity contribution in [1.29, 1.82) is 0 Å². The van der Waals surface area contributed by atoms with Gasteiger partial charge in [0, 0.05) is 12.1 Å². The Balaban J connectivity index is 1.96. The predicted molar refractivity (Wildman–Crippen MR) is 76.4 cm³/mol. The fraction of sp³-hybridized carbons (Fsp3) is 0.688. The Labute approximate surface area is 115 Å². The highest BCUT2D eigenvalue weighted by molar-refractivity contribution is 5.10. The molecule has 19 heavy (non-hydrogen) atoms. The summed E-state index contributed by atoms with van der Waals surface area (Å²) >= 11 is 0. The molecule has 1 heterocycles. The quantitative estimate of drug-likeness (QED) is 0.861. The number of pyridine rings is 1. The van der Waals surface area contributed by atoms with Crippen LogP contribution in [0.15, 0.2) is 18.3 Å². The number of nitrogens with one attached hydrogen (secondary N) is 1.